The summed E-state index contributed by atoms with van der Waals surface area (Å²) >= 11 is 0. The predicted molar refractivity (Wildman–Crippen MR) is 86.6 cm³/mol. The maximum atomic E-state index is 12.3. The van der Waals surface area contributed by atoms with E-state index in [2.05, 4.69) is 12.1 Å². The summed E-state index contributed by atoms with van der Waals surface area (Å²) in [4.78, 5) is 14.2. The molecule has 1 heterocycles. The number of benzene rings is 1. The highest BCUT2D eigenvalue weighted by Crippen LogP contribution is 2.32. The van der Waals surface area contributed by atoms with E-state index >= 15 is 0 Å². The zero-order chi connectivity index (χ0) is 14.5. The van der Waals surface area contributed by atoms with Crippen molar-refractivity contribution in [2.75, 3.05) is 26.2 Å². The SMILES string of the molecule is CCOC(C)C(=O)N1C[C@@H](CN)[C@H](c2ccccc2)C1.Cl. The summed E-state index contributed by atoms with van der Waals surface area (Å²) in [6.07, 6.45) is -0.368. The van der Waals surface area contributed by atoms with Gasteiger partial charge in [-0.2, -0.15) is 0 Å². The van der Waals surface area contributed by atoms with Gasteiger partial charge in [0.25, 0.3) is 5.91 Å². The first kappa shape index (κ1) is 18.0. The Labute approximate surface area is 133 Å². The van der Waals surface area contributed by atoms with Crippen molar-refractivity contribution >= 4 is 18.3 Å². The molecule has 0 radical (unpaired) electrons. The van der Waals surface area contributed by atoms with Crippen LogP contribution in [0.25, 0.3) is 0 Å². The second kappa shape index (κ2) is 8.37. The molecule has 2 N–H and O–H groups in total. The molecule has 1 aromatic carbocycles. The van der Waals surface area contributed by atoms with Gasteiger partial charge in [0.15, 0.2) is 0 Å². The molecule has 2 rings (SSSR count). The van der Waals surface area contributed by atoms with Crippen LogP contribution in [0, 0.1) is 5.92 Å². The molecule has 3 atom stereocenters. The number of likely N-dealkylation sites (tertiary alicyclic amines) is 1. The highest BCUT2D eigenvalue weighted by molar-refractivity contribution is 5.85. The fraction of sp³-hybridized carbons (Fsp3) is 0.562. The van der Waals surface area contributed by atoms with Crippen LogP contribution in [0.3, 0.4) is 0 Å². The van der Waals surface area contributed by atoms with E-state index in [9.17, 15) is 4.79 Å². The van der Waals surface area contributed by atoms with Crippen molar-refractivity contribution in [1.29, 1.82) is 0 Å². The number of carbonyl (C=O) groups is 1. The van der Waals surface area contributed by atoms with Crippen molar-refractivity contribution in [3.05, 3.63) is 35.9 Å². The summed E-state index contributed by atoms with van der Waals surface area (Å²) in [6, 6.07) is 10.3. The molecule has 1 unspecified atom stereocenters. The van der Waals surface area contributed by atoms with Crippen LogP contribution >= 0.6 is 12.4 Å². The zero-order valence-corrected chi connectivity index (χ0v) is 13.5. The molecule has 0 saturated carbocycles. The lowest BCUT2D eigenvalue weighted by Gasteiger charge is -2.20. The highest BCUT2D eigenvalue weighted by Gasteiger charge is 2.36. The standard InChI is InChI=1S/C16H24N2O2.ClH/c1-3-20-12(2)16(19)18-10-14(9-17)15(11-18)13-7-5-4-6-8-13;/h4-8,12,14-15H,3,9-11,17H2,1-2H3;1H/t12?,14-,15+;/m1./s1. The van der Waals surface area contributed by atoms with E-state index in [-0.39, 0.29) is 24.4 Å². The van der Waals surface area contributed by atoms with Gasteiger partial charge in [-0.3, -0.25) is 4.79 Å². The predicted octanol–water partition coefficient (Wildman–Crippen LogP) is 2.03. The third-order valence-electron chi connectivity index (χ3n) is 4.05. The maximum absolute atomic E-state index is 12.3. The van der Waals surface area contributed by atoms with E-state index < -0.39 is 0 Å². The summed E-state index contributed by atoms with van der Waals surface area (Å²) in [7, 11) is 0. The number of nitrogens with two attached hydrogens (primary N) is 1. The Bertz CT molecular complexity index is 441. The average Bonchev–Trinajstić information content (AvgIpc) is 2.91. The minimum atomic E-state index is -0.368. The van der Waals surface area contributed by atoms with Crippen LogP contribution in [0.15, 0.2) is 30.3 Å². The van der Waals surface area contributed by atoms with Gasteiger partial charge in [0, 0.05) is 25.6 Å². The molecule has 118 valence electrons. The van der Waals surface area contributed by atoms with Crippen LogP contribution in [0.2, 0.25) is 0 Å². The Morgan fingerprint density at radius 2 is 2.05 bits per heavy atom. The molecule has 1 aliphatic heterocycles. The average molecular weight is 313 g/mol. The van der Waals surface area contributed by atoms with Crippen molar-refractivity contribution in [3.8, 4) is 0 Å². The quantitative estimate of drug-likeness (QED) is 0.905. The molecule has 5 heteroatoms. The molecule has 4 nitrogen and oxygen atoms in total. The summed E-state index contributed by atoms with van der Waals surface area (Å²) in [5.41, 5.74) is 7.16. The van der Waals surface area contributed by atoms with Gasteiger partial charge in [-0.05, 0) is 31.9 Å². The first-order valence-corrected chi connectivity index (χ1v) is 7.32. The number of ether oxygens (including phenoxy) is 1. The summed E-state index contributed by atoms with van der Waals surface area (Å²) in [6.45, 7) is 6.35. The molecule has 0 spiro atoms. The highest BCUT2D eigenvalue weighted by atomic mass is 35.5. The minimum Gasteiger partial charge on any atom is -0.369 e. The lowest BCUT2D eigenvalue weighted by atomic mass is 9.89. The summed E-state index contributed by atoms with van der Waals surface area (Å²) in [5, 5.41) is 0. The molecule has 0 aliphatic carbocycles. The smallest absolute Gasteiger partial charge is 0.251 e. The molecule has 1 amide bonds. The van der Waals surface area contributed by atoms with Crippen LogP contribution in [0.1, 0.15) is 25.3 Å². The fourth-order valence-corrected chi connectivity index (χ4v) is 2.95. The minimum absolute atomic E-state index is 0. The molecular weight excluding hydrogens is 288 g/mol. The lowest BCUT2D eigenvalue weighted by molar-refractivity contribution is -0.141. The van der Waals surface area contributed by atoms with Crippen LogP contribution < -0.4 is 5.73 Å². The second-order valence-corrected chi connectivity index (χ2v) is 5.35. The number of halogens is 1. The van der Waals surface area contributed by atoms with Crippen LogP contribution in [-0.4, -0.2) is 43.2 Å². The van der Waals surface area contributed by atoms with Crippen molar-refractivity contribution in [2.45, 2.75) is 25.9 Å². The van der Waals surface area contributed by atoms with Gasteiger partial charge in [0.1, 0.15) is 6.10 Å². The van der Waals surface area contributed by atoms with Gasteiger partial charge >= 0.3 is 0 Å². The van der Waals surface area contributed by atoms with E-state index in [1.807, 2.05) is 36.9 Å². The molecule has 1 aliphatic rings. The number of rotatable bonds is 5. The van der Waals surface area contributed by atoms with E-state index in [1.165, 1.54) is 5.56 Å². The first-order chi connectivity index (χ1) is 9.67. The Kier molecular flexibility index (Phi) is 7.15. The van der Waals surface area contributed by atoms with Crippen LogP contribution in [0.4, 0.5) is 0 Å². The van der Waals surface area contributed by atoms with Crippen molar-refractivity contribution in [2.24, 2.45) is 11.7 Å². The molecule has 0 aromatic heterocycles. The molecule has 1 saturated heterocycles. The van der Waals surface area contributed by atoms with Crippen molar-refractivity contribution < 1.29 is 9.53 Å². The van der Waals surface area contributed by atoms with Gasteiger partial charge in [-0.25, -0.2) is 0 Å². The van der Waals surface area contributed by atoms with Gasteiger partial charge in [-0.1, -0.05) is 30.3 Å². The Morgan fingerprint density at radius 3 is 2.62 bits per heavy atom. The summed E-state index contributed by atoms with van der Waals surface area (Å²) < 4.78 is 5.40. The Morgan fingerprint density at radius 1 is 1.38 bits per heavy atom. The van der Waals surface area contributed by atoms with E-state index in [1.54, 1.807) is 0 Å². The normalized spacial score (nSPS) is 22.7. The van der Waals surface area contributed by atoms with E-state index in [4.69, 9.17) is 10.5 Å². The van der Waals surface area contributed by atoms with Gasteiger partial charge in [-0.15, -0.1) is 12.4 Å². The molecule has 0 bridgehead atoms. The number of hydrogen-bond acceptors (Lipinski definition) is 3. The molecule has 1 aromatic rings. The van der Waals surface area contributed by atoms with Crippen LogP contribution in [-0.2, 0) is 9.53 Å². The van der Waals surface area contributed by atoms with Gasteiger partial charge in [0.05, 0.1) is 0 Å². The maximum Gasteiger partial charge on any atom is 0.251 e. The molecule has 1 fully saturated rings. The van der Waals surface area contributed by atoms with E-state index in [0.29, 0.717) is 25.0 Å². The van der Waals surface area contributed by atoms with E-state index in [0.717, 1.165) is 13.1 Å². The Hall–Kier alpha value is -1.10. The third kappa shape index (κ3) is 4.19. The zero-order valence-electron chi connectivity index (χ0n) is 12.7. The monoisotopic (exact) mass is 312 g/mol. The van der Waals surface area contributed by atoms with Gasteiger partial charge < -0.3 is 15.4 Å². The topological polar surface area (TPSA) is 55.6 Å². The van der Waals surface area contributed by atoms with Gasteiger partial charge in [0.2, 0.25) is 0 Å². The third-order valence-corrected chi connectivity index (χ3v) is 4.05. The second-order valence-electron chi connectivity index (χ2n) is 5.35. The summed E-state index contributed by atoms with van der Waals surface area (Å²) in [5.74, 6) is 0.734. The number of hydrogen-bond donors (Lipinski definition) is 1. The first-order valence-electron chi connectivity index (χ1n) is 7.32. The fourth-order valence-electron chi connectivity index (χ4n) is 2.95. The number of nitrogens with zero attached hydrogens (tertiary/aromatic N) is 1. The van der Waals surface area contributed by atoms with Crippen molar-refractivity contribution in [3.63, 3.8) is 0 Å². The molecule has 21 heavy (non-hydrogen) atoms. The lowest BCUT2D eigenvalue weighted by Crippen LogP contribution is -2.38. The van der Waals surface area contributed by atoms with Crippen molar-refractivity contribution in [1.82, 2.24) is 4.90 Å². The number of carbonyl (C=O) groups excluding carboxylic acids is 1. The Balaban J connectivity index is 0.00000220. The largest absolute Gasteiger partial charge is 0.369 e. The van der Waals surface area contributed by atoms with Crippen LogP contribution in [0.5, 0.6) is 0 Å². The molecular formula is C16H25ClN2O2. The number of amides is 1.